The zero-order valence-corrected chi connectivity index (χ0v) is 10.1. The predicted molar refractivity (Wildman–Crippen MR) is 62.6 cm³/mol. The highest BCUT2D eigenvalue weighted by atomic mass is 16.5. The number of carbonyl (C=O) groups is 1. The standard InChI is InChI=1S/C10H18N4O3/c1-14-9(8(11)7-13-14)10(15)12-3-4-17-6-5-16-2/h7H,3-6,11H2,1-2H3,(H,12,15). The van der Waals surface area contributed by atoms with Gasteiger partial charge in [-0.25, -0.2) is 0 Å². The van der Waals surface area contributed by atoms with Crippen molar-refractivity contribution in [2.24, 2.45) is 7.05 Å². The van der Waals surface area contributed by atoms with E-state index in [0.717, 1.165) is 0 Å². The van der Waals surface area contributed by atoms with E-state index in [4.69, 9.17) is 15.2 Å². The monoisotopic (exact) mass is 242 g/mol. The van der Waals surface area contributed by atoms with Crippen molar-refractivity contribution in [1.29, 1.82) is 0 Å². The van der Waals surface area contributed by atoms with E-state index in [1.54, 1.807) is 14.2 Å². The average Bonchev–Trinajstić information content (AvgIpc) is 2.63. The van der Waals surface area contributed by atoms with Crippen LogP contribution in [0, 0.1) is 0 Å². The van der Waals surface area contributed by atoms with Crippen molar-refractivity contribution < 1.29 is 14.3 Å². The van der Waals surface area contributed by atoms with Crippen LogP contribution in [-0.2, 0) is 16.5 Å². The molecule has 1 aromatic rings. The Morgan fingerprint density at radius 2 is 2.29 bits per heavy atom. The first kappa shape index (κ1) is 13.5. The lowest BCUT2D eigenvalue weighted by Gasteiger charge is -2.07. The summed E-state index contributed by atoms with van der Waals surface area (Å²) in [6.07, 6.45) is 1.45. The van der Waals surface area contributed by atoms with E-state index < -0.39 is 0 Å². The van der Waals surface area contributed by atoms with Gasteiger partial charge in [-0.2, -0.15) is 5.10 Å². The molecule has 1 heterocycles. The summed E-state index contributed by atoms with van der Waals surface area (Å²) < 4.78 is 11.5. The number of hydrogen-bond donors (Lipinski definition) is 2. The molecule has 1 aromatic heterocycles. The van der Waals surface area contributed by atoms with Gasteiger partial charge in [0.25, 0.3) is 5.91 Å². The molecule has 96 valence electrons. The van der Waals surface area contributed by atoms with Crippen molar-refractivity contribution in [3.05, 3.63) is 11.9 Å². The summed E-state index contributed by atoms with van der Waals surface area (Å²) >= 11 is 0. The molecular formula is C10H18N4O3. The summed E-state index contributed by atoms with van der Waals surface area (Å²) in [5.41, 5.74) is 6.35. The summed E-state index contributed by atoms with van der Waals surface area (Å²) in [4.78, 5) is 11.7. The number of nitrogens with two attached hydrogens (primary N) is 1. The van der Waals surface area contributed by atoms with Gasteiger partial charge in [-0.1, -0.05) is 0 Å². The molecule has 0 fully saturated rings. The molecule has 7 heteroatoms. The van der Waals surface area contributed by atoms with Crippen molar-refractivity contribution in [3.8, 4) is 0 Å². The Balaban J connectivity index is 2.26. The average molecular weight is 242 g/mol. The lowest BCUT2D eigenvalue weighted by Crippen LogP contribution is -2.29. The molecule has 0 aliphatic rings. The summed E-state index contributed by atoms with van der Waals surface area (Å²) in [6.45, 7) is 1.92. The molecule has 0 bridgehead atoms. The van der Waals surface area contributed by atoms with Crippen LogP contribution in [0.3, 0.4) is 0 Å². The minimum atomic E-state index is -0.252. The van der Waals surface area contributed by atoms with Crippen LogP contribution >= 0.6 is 0 Å². The first-order chi connectivity index (χ1) is 8.16. The molecule has 1 amide bonds. The first-order valence-corrected chi connectivity index (χ1v) is 5.29. The van der Waals surface area contributed by atoms with Crippen LogP contribution in [0.5, 0.6) is 0 Å². The minimum Gasteiger partial charge on any atom is -0.396 e. The normalized spacial score (nSPS) is 10.5. The lowest BCUT2D eigenvalue weighted by atomic mass is 10.3. The van der Waals surface area contributed by atoms with Crippen LogP contribution in [0.4, 0.5) is 5.69 Å². The van der Waals surface area contributed by atoms with Crippen molar-refractivity contribution in [2.45, 2.75) is 0 Å². The third-order valence-corrected chi connectivity index (χ3v) is 2.15. The van der Waals surface area contributed by atoms with E-state index in [-0.39, 0.29) is 5.91 Å². The van der Waals surface area contributed by atoms with E-state index in [9.17, 15) is 4.79 Å². The molecule has 7 nitrogen and oxygen atoms in total. The zero-order chi connectivity index (χ0) is 12.7. The number of hydrogen-bond acceptors (Lipinski definition) is 5. The highest BCUT2D eigenvalue weighted by Crippen LogP contribution is 2.08. The van der Waals surface area contributed by atoms with Gasteiger partial charge in [0.2, 0.25) is 0 Å². The molecule has 0 saturated heterocycles. The minimum absolute atomic E-state index is 0.252. The topological polar surface area (TPSA) is 91.4 Å². The Bertz CT molecular complexity index is 345. The number of ether oxygens (including phenoxy) is 2. The van der Waals surface area contributed by atoms with Crippen molar-refractivity contribution in [2.75, 3.05) is 39.2 Å². The number of aryl methyl sites for hydroxylation is 1. The van der Waals surface area contributed by atoms with E-state index >= 15 is 0 Å². The second kappa shape index (κ2) is 6.87. The van der Waals surface area contributed by atoms with Gasteiger partial charge in [0.1, 0.15) is 5.69 Å². The number of carbonyl (C=O) groups excluding carboxylic acids is 1. The number of nitrogens with one attached hydrogen (secondary N) is 1. The zero-order valence-electron chi connectivity index (χ0n) is 10.1. The van der Waals surface area contributed by atoms with Gasteiger partial charge >= 0.3 is 0 Å². The van der Waals surface area contributed by atoms with Gasteiger partial charge in [-0.05, 0) is 0 Å². The van der Waals surface area contributed by atoms with Crippen LogP contribution in [0.2, 0.25) is 0 Å². The number of methoxy groups -OCH3 is 1. The number of rotatable bonds is 7. The fourth-order valence-corrected chi connectivity index (χ4v) is 1.30. The molecule has 0 saturated carbocycles. The Hall–Kier alpha value is -1.60. The molecule has 0 unspecified atom stereocenters. The number of amides is 1. The number of nitrogens with zero attached hydrogens (tertiary/aromatic N) is 2. The van der Waals surface area contributed by atoms with Crippen LogP contribution in [0.15, 0.2) is 6.20 Å². The lowest BCUT2D eigenvalue weighted by molar-refractivity contribution is 0.0691. The van der Waals surface area contributed by atoms with Crippen LogP contribution in [0.1, 0.15) is 10.5 Å². The third-order valence-electron chi connectivity index (χ3n) is 2.15. The molecule has 1 rings (SSSR count). The largest absolute Gasteiger partial charge is 0.396 e. The molecule has 0 aliphatic heterocycles. The van der Waals surface area contributed by atoms with E-state index in [0.29, 0.717) is 37.7 Å². The van der Waals surface area contributed by atoms with E-state index in [2.05, 4.69) is 10.4 Å². The predicted octanol–water partition coefficient (Wildman–Crippen LogP) is -0.605. The van der Waals surface area contributed by atoms with E-state index in [1.165, 1.54) is 10.9 Å². The van der Waals surface area contributed by atoms with Crippen LogP contribution in [0.25, 0.3) is 0 Å². The Labute approximate surface area is 99.9 Å². The second-order valence-corrected chi connectivity index (χ2v) is 3.43. The van der Waals surface area contributed by atoms with Gasteiger partial charge < -0.3 is 20.5 Å². The highest BCUT2D eigenvalue weighted by molar-refractivity contribution is 5.97. The number of nitrogen functional groups attached to an aromatic ring is 1. The maximum Gasteiger partial charge on any atom is 0.271 e. The number of aromatic nitrogens is 2. The fraction of sp³-hybridized carbons (Fsp3) is 0.600. The second-order valence-electron chi connectivity index (χ2n) is 3.43. The first-order valence-electron chi connectivity index (χ1n) is 5.29. The molecule has 0 spiro atoms. The highest BCUT2D eigenvalue weighted by Gasteiger charge is 2.13. The summed E-state index contributed by atoms with van der Waals surface area (Å²) in [5.74, 6) is -0.252. The SMILES string of the molecule is COCCOCCNC(=O)c1c(N)cnn1C. The van der Waals surface area contributed by atoms with Gasteiger partial charge in [0.15, 0.2) is 0 Å². The summed E-state index contributed by atoms with van der Waals surface area (Å²) in [7, 11) is 3.27. The smallest absolute Gasteiger partial charge is 0.271 e. The summed E-state index contributed by atoms with van der Waals surface area (Å²) in [5, 5.41) is 6.59. The summed E-state index contributed by atoms with van der Waals surface area (Å²) in [6, 6.07) is 0. The van der Waals surface area contributed by atoms with Gasteiger partial charge in [0.05, 0.1) is 31.7 Å². The quantitative estimate of drug-likeness (QED) is 0.623. The molecular weight excluding hydrogens is 224 g/mol. The van der Waals surface area contributed by atoms with Crippen LogP contribution in [-0.4, -0.2) is 49.2 Å². The molecule has 3 N–H and O–H groups in total. The van der Waals surface area contributed by atoms with Crippen molar-refractivity contribution in [3.63, 3.8) is 0 Å². The molecule has 0 aliphatic carbocycles. The Morgan fingerprint density at radius 3 is 2.88 bits per heavy atom. The molecule has 0 radical (unpaired) electrons. The Morgan fingerprint density at radius 1 is 1.53 bits per heavy atom. The number of anilines is 1. The Kier molecular flexibility index (Phi) is 5.44. The molecule has 17 heavy (non-hydrogen) atoms. The fourth-order valence-electron chi connectivity index (χ4n) is 1.30. The van der Waals surface area contributed by atoms with E-state index in [1.807, 2.05) is 0 Å². The van der Waals surface area contributed by atoms with Gasteiger partial charge in [-0.15, -0.1) is 0 Å². The van der Waals surface area contributed by atoms with Crippen molar-refractivity contribution >= 4 is 11.6 Å². The molecule has 0 atom stereocenters. The van der Waals surface area contributed by atoms with Gasteiger partial charge in [-0.3, -0.25) is 9.48 Å². The molecule has 0 aromatic carbocycles. The maximum absolute atomic E-state index is 11.7. The third kappa shape index (κ3) is 4.04. The van der Waals surface area contributed by atoms with Gasteiger partial charge in [0, 0.05) is 20.7 Å². The maximum atomic E-state index is 11.7. The van der Waals surface area contributed by atoms with Crippen LogP contribution < -0.4 is 11.1 Å². The van der Waals surface area contributed by atoms with Crippen molar-refractivity contribution in [1.82, 2.24) is 15.1 Å².